The van der Waals surface area contributed by atoms with Crippen LogP contribution in [0.5, 0.6) is 0 Å². The van der Waals surface area contributed by atoms with Crippen LogP contribution in [-0.2, 0) is 9.59 Å². The van der Waals surface area contributed by atoms with Crippen LogP contribution in [0.3, 0.4) is 0 Å². The Labute approximate surface area is 163 Å². The maximum Gasteiger partial charge on any atom is 0.243 e. The van der Waals surface area contributed by atoms with Gasteiger partial charge in [-0.15, -0.1) is 11.8 Å². The van der Waals surface area contributed by atoms with E-state index in [2.05, 4.69) is 37.9 Å². The van der Waals surface area contributed by atoms with Gasteiger partial charge in [0.2, 0.25) is 11.8 Å². The highest BCUT2D eigenvalue weighted by atomic mass is 32.2. The molecule has 1 saturated heterocycles. The number of thioether (sulfide) groups is 1. The summed E-state index contributed by atoms with van der Waals surface area (Å²) in [6, 6.07) is -0.124. The fourth-order valence-corrected chi connectivity index (χ4v) is 5.17. The van der Waals surface area contributed by atoms with Crippen molar-refractivity contribution in [3.8, 4) is 0 Å². The summed E-state index contributed by atoms with van der Waals surface area (Å²) in [4.78, 5) is 29.9. The Morgan fingerprint density at radius 2 is 1.92 bits per heavy atom. The van der Waals surface area contributed by atoms with Crippen LogP contribution in [0, 0.1) is 5.92 Å². The Morgan fingerprint density at radius 1 is 1.23 bits per heavy atom. The molecule has 0 spiro atoms. The van der Waals surface area contributed by atoms with Gasteiger partial charge < -0.3 is 15.1 Å². The van der Waals surface area contributed by atoms with E-state index < -0.39 is 0 Å². The molecule has 1 N–H and O–H groups in total. The first-order chi connectivity index (χ1) is 12.5. The minimum absolute atomic E-state index is 0.0421. The molecule has 0 bridgehead atoms. The van der Waals surface area contributed by atoms with E-state index in [-0.39, 0.29) is 35.2 Å². The zero-order valence-corrected chi connectivity index (χ0v) is 17.8. The molecule has 5 nitrogen and oxygen atoms in total. The third-order valence-corrected chi connectivity index (χ3v) is 6.86. The van der Waals surface area contributed by atoms with E-state index in [1.54, 1.807) is 11.8 Å². The van der Waals surface area contributed by atoms with Crippen molar-refractivity contribution < 1.29 is 9.59 Å². The number of hydrogen-bond acceptors (Lipinski definition) is 4. The van der Waals surface area contributed by atoms with Gasteiger partial charge in [-0.1, -0.05) is 27.2 Å². The fraction of sp³-hybridized carbons (Fsp3) is 0.900. The number of carbonyl (C=O) groups excluding carboxylic acids is 2. The van der Waals surface area contributed by atoms with Crippen molar-refractivity contribution in [2.45, 2.75) is 83.7 Å². The van der Waals surface area contributed by atoms with Crippen LogP contribution < -0.4 is 5.32 Å². The highest BCUT2D eigenvalue weighted by molar-refractivity contribution is 8.00. The molecule has 2 amide bonds. The van der Waals surface area contributed by atoms with Crippen molar-refractivity contribution in [2.75, 3.05) is 25.4 Å². The van der Waals surface area contributed by atoms with Crippen LogP contribution in [0.25, 0.3) is 0 Å². The second kappa shape index (κ2) is 10.5. The third kappa shape index (κ3) is 5.88. The van der Waals surface area contributed by atoms with Gasteiger partial charge in [0.05, 0.1) is 5.37 Å². The molecule has 3 atom stereocenters. The largest absolute Gasteiger partial charge is 0.352 e. The van der Waals surface area contributed by atoms with Crippen LogP contribution >= 0.6 is 11.8 Å². The molecule has 0 aromatic carbocycles. The molecule has 6 heteroatoms. The van der Waals surface area contributed by atoms with Crippen molar-refractivity contribution in [3.05, 3.63) is 0 Å². The smallest absolute Gasteiger partial charge is 0.243 e. The number of carbonyl (C=O) groups is 2. The summed E-state index contributed by atoms with van der Waals surface area (Å²) >= 11 is 1.78. The molecule has 26 heavy (non-hydrogen) atoms. The highest BCUT2D eigenvalue weighted by Gasteiger charge is 2.45. The topological polar surface area (TPSA) is 52.7 Å². The summed E-state index contributed by atoms with van der Waals surface area (Å²) in [6.45, 7) is 11.8. The lowest BCUT2D eigenvalue weighted by Gasteiger charge is -2.29. The molecule has 2 fully saturated rings. The maximum absolute atomic E-state index is 12.8. The minimum atomic E-state index is -0.283. The van der Waals surface area contributed by atoms with Crippen LogP contribution in [0.4, 0.5) is 0 Å². The number of amides is 2. The summed E-state index contributed by atoms with van der Waals surface area (Å²) in [6.07, 6.45) is 6.08. The van der Waals surface area contributed by atoms with E-state index >= 15 is 0 Å². The molecule has 0 aromatic rings. The van der Waals surface area contributed by atoms with E-state index in [1.807, 2.05) is 4.90 Å². The zero-order chi connectivity index (χ0) is 19.1. The van der Waals surface area contributed by atoms with Gasteiger partial charge in [0.15, 0.2) is 0 Å². The molecule has 0 radical (unpaired) electrons. The fourth-order valence-electron chi connectivity index (χ4n) is 3.64. The average Bonchev–Trinajstić information content (AvgIpc) is 3.39. The quantitative estimate of drug-likeness (QED) is 0.596. The second-order valence-electron chi connectivity index (χ2n) is 7.69. The van der Waals surface area contributed by atoms with E-state index in [0.717, 1.165) is 63.9 Å². The normalized spacial score (nSPS) is 24.1. The Morgan fingerprint density at radius 3 is 2.50 bits per heavy atom. The molecule has 1 aliphatic heterocycles. The summed E-state index contributed by atoms with van der Waals surface area (Å²) in [5, 5.41) is 3.36. The van der Waals surface area contributed by atoms with Crippen LogP contribution in [0.1, 0.15) is 66.2 Å². The minimum Gasteiger partial charge on any atom is -0.352 e. The van der Waals surface area contributed by atoms with Gasteiger partial charge in [0, 0.05) is 17.7 Å². The molecule has 2 aliphatic rings. The first kappa shape index (κ1) is 21.5. The molecule has 1 heterocycles. The van der Waals surface area contributed by atoms with E-state index in [1.165, 1.54) is 0 Å². The van der Waals surface area contributed by atoms with Gasteiger partial charge in [0.25, 0.3) is 0 Å². The van der Waals surface area contributed by atoms with Gasteiger partial charge in [-0.05, 0) is 58.7 Å². The van der Waals surface area contributed by atoms with Crippen LogP contribution in [0.15, 0.2) is 0 Å². The monoisotopic (exact) mass is 383 g/mol. The van der Waals surface area contributed by atoms with Crippen molar-refractivity contribution in [1.29, 1.82) is 0 Å². The predicted molar refractivity (Wildman–Crippen MR) is 109 cm³/mol. The Hall–Kier alpha value is -0.750. The van der Waals surface area contributed by atoms with Crippen LogP contribution in [-0.4, -0.2) is 64.5 Å². The van der Waals surface area contributed by atoms with Gasteiger partial charge in [-0.3, -0.25) is 9.59 Å². The molecular formula is C20H37N3O2S. The van der Waals surface area contributed by atoms with E-state index in [4.69, 9.17) is 0 Å². The maximum atomic E-state index is 12.8. The zero-order valence-electron chi connectivity index (χ0n) is 17.0. The Kier molecular flexibility index (Phi) is 8.74. The summed E-state index contributed by atoms with van der Waals surface area (Å²) in [5.41, 5.74) is 0. The van der Waals surface area contributed by atoms with Gasteiger partial charge >= 0.3 is 0 Å². The third-order valence-electron chi connectivity index (χ3n) is 5.51. The van der Waals surface area contributed by atoms with Crippen molar-refractivity contribution in [2.24, 2.45) is 5.92 Å². The van der Waals surface area contributed by atoms with Gasteiger partial charge in [-0.2, -0.15) is 0 Å². The molecule has 2 rings (SSSR count). The molecule has 150 valence electrons. The molecule has 3 unspecified atom stereocenters. The molecular weight excluding hydrogens is 346 g/mol. The molecule has 1 aliphatic carbocycles. The molecule has 1 saturated carbocycles. The predicted octanol–water partition coefficient (Wildman–Crippen LogP) is 3.09. The SMILES string of the molecule is CCCC1SCC(C(=O)NC(C)CCCN(CC)CC)N1C(=O)C1CC1. The van der Waals surface area contributed by atoms with Crippen molar-refractivity contribution in [1.82, 2.24) is 15.1 Å². The van der Waals surface area contributed by atoms with E-state index in [9.17, 15) is 9.59 Å². The Balaban J connectivity index is 1.85. The second-order valence-corrected chi connectivity index (χ2v) is 8.90. The average molecular weight is 384 g/mol. The molecule has 0 aromatic heterocycles. The summed E-state index contributed by atoms with van der Waals surface area (Å²) in [5.74, 6) is 1.17. The Bertz CT molecular complexity index is 466. The van der Waals surface area contributed by atoms with Gasteiger partial charge in [0.1, 0.15) is 6.04 Å². The first-order valence-electron chi connectivity index (χ1n) is 10.5. The number of nitrogens with zero attached hydrogens (tertiary/aromatic N) is 2. The summed E-state index contributed by atoms with van der Waals surface area (Å²) < 4.78 is 0. The lowest BCUT2D eigenvalue weighted by molar-refractivity contribution is -0.141. The number of hydrogen-bond donors (Lipinski definition) is 1. The van der Waals surface area contributed by atoms with Gasteiger partial charge in [-0.25, -0.2) is 0 Å². The highest BCUT2D eigenvalue weighted by Crippen LogP contribution is 2.39. The first-order valence-corrected chi connectivity index (χ1v) is 11.5. The van der Waals surface area contributed by atoms with Crippen molar-refractivity contribution >= 4 is 23.6 Å². The lowest BCUT2D eigenvalue weighted by Crippen LogP contribution is -2.52. The number of rotatable bonds is 11. The number of nitrogens with one attached hydrogen (secondary N) is 1. The van der Waals surface area contributed by atoms with Crippen LogP contribution in [0.2, 0.25) is 0 Å². The van der Waals surface area contributed by atoms with Crippen molar-refractivity contribution in [3.63, 3.8) is 0 Å². The summed E-state index contributed by atoms with van der Waals surface area (Å²) in [7, 11) is 0. The standard InChI is InChI=1S/C20H37N3O2S/c1-5-9-18-23(20(25)16-11-12-16)17(14-26-18)19(24)21-15(4)10-8-13-22(6-2)7-3/h15-18H,5-14H2,1-4H3,(H,21,24). The lowest BCUT2D eigenvalue weighted by atomic mass is 10.1. The van der Waals surface area contributed by atoms with E-state index in [0.29, 0.717) is 0 Å².